The smallest absolute Gasteiger partial charge is 0.223 e. The average Bonchev–Trinajstić information content (AvgIpc) is 3.00. The van der Waals surface area contributed by atoms with Crippen LogP contribution in [0.25, 0.3) is 11.0 Å². The van der Waals surface area contributed by atoms with Gasteiger partial charge in [-0.3, -0.25) is 4.90 Å². The second-order valence-corrected chi connectivity index (χ2v) is 6.07. The van der Waals surface area contributed by atoms with Crippen molar-refractivity contribution in [2.24, 2.45) is 0 Å². The Bertz CT molecular complexity index is 807. The minimum Gasteiger partial charge on any atom is -0.340 e. The van der Waals surface area contributed by atoms with Crippen molar-refractivity contribution < 1.29 is 4.52 Å². The molecule has 4 heterocycles. The summed E-state index contributed by atoms with van der Waals surface area (Å²) in [6, 6.07) is 8.27. The number of hydrogen-bond donors (Lipinski definition) is 0. The van der Waals surface area contributed by atoms with Crippen molar-refractivity contribution in [3.05, 3.63) is 47.9 Å². The van der Waals surface area contributed by atoms with E-state index < -0.39 is 0 Å². The molecular weight excluding hydrogens is 290 g/mol. The molecule has 1 fully saturated rings. The fraction of sp³-hybridized carbons (Fsp3) is 0.412. The van der Waals surface area contributed by atoms with E-state index >= 15 is 0 Å². The first-order valence-electron chi connectivity index (χ1n) is 8.01. The minimum absolute atomic E-state index is 0.504. The predicted molar refractivity (Wildman–Crippen MR) is 85.8 cm³/mol. The van der Waals surface area contributed by atoms with Crippen LogP contribution in [0.3, 0.4) is 0 Å². The number of hydrogen-bond acceptors (Lipinski definition) is 6. The van der Waals surface area contributed by atoms with Gasteiger partial charge < -0.3 is 4.52 Å². The molecule has 3 aromatic rings. The monoisotopic (exact) mass is 309 g/mol. The standard InChI is InChI=1S/C17H19N5O/c1-12-19-16(21-23-12)11-22-9-6-13(7-10-22)15-5-4-14-3-2-8-18-17(14)20-15/h2-5,8,13H,6-7,9-11H2,1H3. The predicted octanol–water partition coefficient (Wildman–Crippen LogP) is 2.70. The van der Waals surface area contributed by atoms with E-state index in [1.54, 1.807) is 6.20 Å². The maximum absolute atomic E-state index is 5.03. The summed E-state index contributed by atoms with van der Waals surface area (Å²) in [5.74, 6) is 1.90. The number of piperidine rings is 1. The Labute approximate surface area is 134 Å². The zero-order valence-electron chi connectivity index (χ0n) is 13.1. The zero-order valence-corrected chi connectivity index (χ0v) is 13.1. The summed E-state index contributed by atoms with van der Waals surface area (Å²) >= 11 is 0. The lowest BCUT2D eigenvalue weighted by Crippen LogP contribution is -2.33. The summed E-state index contributed by atoms with van der Waals surface area (Å²) in [7, 11) is 0. The SMILES string of the molecule is Cc1nc(CN2CCC(c3ccc4cccnc4n3)CC2)no1. The molecule has 1 aliphatic rings. The molecule has 0 N–H and O–H groups in total. The lowest BCUT2D eigenvalue weighted by Gasteiger charge is -2.30. The average molecular weight is 309 g/mol. The molecule has 0 amide bonds. The van der Waals surface area contributed by atoms with Gasteiger partial charge in [0.05, 0.1) is 6.54 Å². The first-order chi connectivity index (χ1) is 11.3. The summed E-state index contributed by atoms with van der Waals surface area (Å²) in [4.78, 5) is 15.8. The molecule has 118 valence electrons. The van der Waals surface area contributed by atoms with E-state index in [9.17, 15) is 0 Å². The van der Waals surface area contributed by atoms with E-state index in [4.69, 9.17) is 9.51 Å². The van der Waals surface area contributed by atoms with Crippen molar-refractivity contribution in [3.8, 4) is 0 Å². The summed E-state index contributed by atoms with van der Waals surface area (Å²) in [5.41, 5.74) is 2.00. The molecule has 6 heteroatoms. The zero-order chi connectivity index (χ0) is 15.6. The first kappa shape index (κ1) is 14.3. The van der Waals surface area contributed by atoms with E-state index in [1.807, 2.05) is 13.0 Å². The Kier molecular flexibility index (Phi) is 3.75. The Morgan fingerprint density at radius 3 is 2.83 bits per heavy atom. The van der Waals surface area contributed by atoms with E-state index in [-0.39, 0.29) is 0 Å². The third kappa shape index (κ3) is 3.07. The van der Waals surface area contributed by atoms with Gasteiger partial charge in [-0.05, 0) is 50.2 Å². The summed E-state index contributed by atoms with van der Waals surface area (Å²) < 4.78 is 5.03. The Morgan fingerprint density at radius 1 is 1.17 bits per heavy atom. The Morgan fingerprint density at radius 2 is 2.04 bits per heavy atom. The van der Waals surface area contributed by atoms with Crippen molar-refractivity contribution >= 4 is 11.0 Å². The van der Waals surface area contributed by atoms with Crippen LogP contribution in [0.4, 0.5) is 0 Å². The van der Waals surface area contributed by atoms with Gasteiger partial charge >= 0.3 is 0 Å². The van der Waals surface area contributed by atoms with Gasteiger partial charge in [-0.1, -0.05) is 5.16 Å². The van der Waals surface area contributed by atoms with E-state index in [1.165, 1.54) is 0 Å². The van der Waals surface area contributed by atoms with Gasteiger partial charge in [-0.2, -0.15) is 4.98 Å². The van der Waals surface area contributed by atoms with Crippen LogP contribution in [0.2, 0.25) is 0 Å². The van der Waals surface area contributed by atoms with Crippen molar-refractivity contribution in [1.82, 2.24) is 25.0 Å². The molecular formula is C17H19N5O. The number of pyridine rings is 2. The van der Waals surface area contributed by atoms with Crippen LogP contribution in [0, 0.1) is 6.92 Å². The number of aromatic nitrogens is 4. The molecule has 0 bridgehead atoms. The fourth-order valence-corrected chi connectivity index (χ4v) is 3.19. The molecule has 0 unspecified atom stereocenters. The van der Waals surface area contributed by atoms with Crippen LogP contribution in [0.5, 0.6) is 0 Å². The minimum atomic E-state index is 0.504. The molecule has 1 saturated heterocycles. The second-order valence-electron chi connectivity index (χ2n) is 6.07. The van der Waals surface area contributed by atoms with Gasteiger partial charge in [0.25, 0.3) is 0 Å². The van der Waals surface area contributed by atoms with E-state index in [0.717, 1.165) is 55.0 Å². The van der Waals surface area contributed by atoms with Gasteiger partial charge in [0.15, 0.2) is 11.5 Å². The highest BCUT2D eigenvalue weighted by atomic mass is 16.5. The topological polar surface area (TPSA) is 67.9 Å². The van der Waals surface area contributed by atoms with Crippen LogP contribution in [-0.4, -0.2) is 38.1 Å². The third-order valence-corrected chi connectivity index (χ3v) is 4.43. The number of rotatable bonds is 3. The molecule has 0 aliphatic carbocycles. The molecule has 0 atom stereocenters. The molecule has 0 aromatic carbocycles. The van der Waals surface area contributed by atoms with Crippen LogP contribution in [-0.2, 0) is 6.54 Å². The largest absolute Gasteiger partial charge is 0.340 e. The van der Waals surface area contributed by atoms with Crippen LogP contribution in [0.1, 0.15) is 36.2 Å². The number of aryl methyl sites for hydroxylation is 1. The van der Waals surface area contributed by atoms with Gasteiger partial charge in [-0.15, -0.1) is 0 Å². The molecule has 0 saturated carbocycles. The summed E-state index contributed by atoms with van der Waals surface area (Å²) in [6.45, 7) is 4.64. The van der Waals surface area contributed by atoms with Crippen molar-refractivity contribution in [1.29, 1.82) is 0 Å². The third-order valence-electron chi connectivity index (χ3n) is 4.43. The van der Waals surface area contributed by atoms with Gasteiger partial charge in [0, 0.05) is 30.1 Å². The highest BCUT2D eigenvalue weighted by Gasteiger charge is 2.22. The number of nitrogens with zero attached hydrogens (tertiary/aromatic N) is 5. The van der Waals surface area contributed by atoms with E-state index in [2.05, 4.69) is 38.2 Å². The molecule has 4 rings (SSSR count). The number of likely N-dealkylation sites (tertiary alicyclic amines) is 1. The Balaban J connectivity index is 1.42. The van der Waals surface area contributed by atoms with Crippen molar-refractivity contribution in [2.45, 2.75) is 32.2 Å². The quantitative estimate of drug-likeness (QED) is 0.741. The lowest BCUT2D eigenvalue weighted by molar-refractivity contribution is 0.196. The number of fused-ring (bicyclic) bond motifs is 1. The van der Waals surface area contributed by atoms with Crippen LogP contribution < -0.4 is 0 Å². The maximum Gasteiger partial charge on any atom is 0.223 e. The molecule has 0 spiro atoms. The normalized spacial score (nSPS) is 16.9. The van der Waals surface area contributed by atoms with Crippen molar-refractivity contribution in [2.75, 3.05) is 13.1 Å². The molecule has 0 radical (unpaired) electrons. The highest BCUT2D eigenvalue weighted by molar-refractivity contribution is 5.74. The molecule has 23 heavy (non-hydrogen) atoms. The lowest BCUT2D eigenvalue weighted by atomic mass is 9.93. The van der Waals surface area contributed by atoms with Gasteiger partial charge in [0.2, 0.25) is 5.89 Å². The maximum atomic E-state index is 5.03. The van der Waals surface area contributed by atoms with Crippen LogP contribution >= 0.6 is 0 Å². The van der Waals surface area contributed by atoms with Crippen molar-refractivity contribution in [3.63, 3.8) is 0 Å². The van der Waals surface area contributed by atoms with Gasteiger partial charge in [0.1, 0.15) is 0 Å². The first-order valence-corrected chi connectivity index (χ1v) is 8.01. The van der Waals surface area contributed by atoms with Crippen LogP contribution in [0.15, 0.2) is 35.0 Å². The Hall–Kier alpha value is -2.34. The van der Waals surface area contributed by atoms with Gasteiger partial charge in [-0.25, -0.2) is 9.97 Å². The molecule has 3 aromatic heterocycles. The second kappa shape index (κ2) is 6.04. The molecule has 1 aliphatic heterocycles. The summed E-state index contributed by atoms with van der Waals surface area (Å²) in [6.07, 6.45) is 4.00. The highest BCUT2D eigenvalue weighted by Crippen LogP contribution is 2.28. The summed E-state index contributed by atoms with van der Waals surface area (Å²) in [5, 5.41) is 5.07. The molecule has 6 nitrogen and oxygen atoms in total. The van der Waals surface area contributed by atoms with E-state index in [0.29, 0.717) is 11.8 Å². The fourth-order valence-electron chi connectivity index (χ4n) is 3.19.